The fraction of sp³-hybridized carbons (Fsp3) is 0.167. The molecule has 0 N–H and O–H groups in total. The van der Waals surface area contributed by atoms with Crippen LogP contribution in [0.25, 0.3) is 11.1 Å². The number of fused-ring (bicyclic) bond motifs is 7. The molecule has 2 heterocycles. The second kappa shape index (κ2) is 6.04. The highest BCUT2D eigenvalue weighted by Gasteiger charge is 2.62. The van der Waals surface area contributed by atoms with Crippen molar-refractivity contribution < 1.29 is 0 Å². The maximum absolute atomic E-state index is 10.1. The molecule has 2 atom stereocenters. The van der Waals surface area contributed by atoms with Crippen LogP contribution in [-0.2, 0) is 0 Å². The van der Waals surface area contributed by atoms with Gasteiger partial charge in [0.15, 0.2) is 0 Å². The van der Waals surface area contributed by atoms with Crippen molar-refractivity contribution in [1.29, 1.82) is 21.0 Å². The molecule has 0 bridgehead atoms. The third-order valence-corrected chi connectivity index (χ3v) is 9.72. The molecule has 0 saturated carbocycles. The third-order valence-electron chi connectivity index (χ3n) is 6.26. The Balaban J connectivity index is 1.94. The second-order valence-corrected chi connectivity index (χ2v) is 10.4. The molecule has 2 aromatic carbocycles. The minimum atomic E-state index is -0.584. The minimum absolute atomic E-state index is 0.365. The molecule has 2 aliphatic heterocycles. The van der Waals surface area contributed by atoms with E-state index in [0.717, 1.165) is 32.1 Å². The lowest BCUT2D eigenvalue weighted by Crippen LogP contribution is -2.46. The first-order valence-electron chi connectivity index (χ1n) is 9.20. The predicted octanol–water partition coefficient (Wildman–Crippen LogP) is 5.43. The van der Waals surface area contributed by atoms with E-state index in [0.29, 0.717) is 22.3 Å². The van der Waals surface area contributed by atoms with E-state index in [1.807, 2.05) is 24.3 Å². The summed E-state index contributed by atoms with van der Waals surface area (Å²) in [5.74, 6) is 0. The van der Waals surface area contributed by atoms with E-state index in [2.05, 4.69) is 38.1 Å². The number of nitrogens with zero attached hydrogens (tertiary/aromatic N) is 4. The van der Waals surface area contributed by atoms with E-state index in [4.69, 9.17) is 0 Å². The number of allylic oxidation sites excluding steroid dienone is 2. The zero-order valence-electron chi connectivity index (χ0n) is 16.1. The summed E-state index contributed by atoms with van der Waals surface area (Å²) in [7, 11) is 0. The molecule has 0 spiro atoms. The standard InChI is InChI=1S/C24H12N4S2/c1-23-19(15-7-3-5-13(9-25)21(15)29-23)17(11-27)18(12-28)20-16-8-4-6-14(10-26)22(16)30-24(20,23)2/h3-8H,1-2H3/t23-,24-/m1/s1. The molecule has 6 heteroatoms. The van der Waals surface area contributed by atoms with Gasteiger partial charge in [-0.25, -0.2) is 0 Å². The number of thioether (sulfide) groups is 2. The molecule has 0 aromatic heterocycles. The quantitative estimate of drug-likeness (QED) is 0.564. The van der Waals surface area contributed by atoms with Crippen molar-refractivity contribution in [3.05, 3.63) is 69.8 Å². The Morgan fingerprint density at radius 3 is 1.37 bits per heavy atom. The first-order chi connectivity index (χ1) is 14.4. The lowest BCUT2D eigenvalue weighted by atomic mass is 9.68. The number of benzene rings is 2. The van der Waals surface area contributed by atoms with E-state index < -0.39 is 9.49 Å². The van der Waals surface area contributed by atoms with E-state index in [1.165, 1.54) is 0 Å². The van der Waals surface area contributed by atoms with Crippen LogP contribution in [-0.4, -0.2) is 9.49 Å². The summed E-state index contributed by atoms with van der Waals surface area (Å²) < 4.78 is -1.17. The average Bonchev–Trinajstić information content (AvgIpc) is 3.25. The van der Waals surface area contributed by atoms with Gasteiger partial charge in [0.25, 0.3) is 0 Å². The van der Waals surface area contributed by atoms with Gasteiger partial charge in [0.1, 0.15) is 24.3 Å². The molecule has 30 heavy (non-hydrogen) atoms. The van der Waals surface area contributed by atoms with Gasteiger partial charge in [-0.15, -0.1) is 23.5 Å². The van der Waals surface area contributed by atoms with Crippen LogP contribution in [0.2, 0.25) is 0 Å². The van der Waals surface area contributed by atoms with Crippen molar-refractivity contribution in [3.8, 4) is 24.3 Å². The van der Waals surface area contributed by atoms with Crippen molar-refractivity contribution >= 4 is 34.7 Å². The third kappa shape index (κ3) is 1.96. The van der Waals surface area contributed by atoms with Gasteiger partial charge in [-0.3, -0.25) is 0 Å². The van der Waals surface area contributed by atoms with Gasteiger partial charge in [-0.1, -0.05) is 24.3 Å². The normalized spacial score (nSPS) is 25.3. The van der Waals surface area contributed by atoms with Gasteiger partial charge in [-0.05, 0) is 48.3 Å². The number of rotatable bonds is 0. The molecular weight excluding hydrogens is 408 g/mol. The maximum atomic E-state index is 10.1. The Labute approximate surface area is 182 Å². The van der Waals surface area contributed by atoms with E-state index in [1.54, 1.807) is 35.7 Å². The van der Waals surface area contributed by atoms with Gasteiger partial charge >= 0.3 is 0 Å². The summed E-state index contributed by atoms with van der Waals surface area (Å²) in [5, 5.41) is 39.6. The summed E-state index contributed by atoms with van der Waals surface area (Å²) >= 11 is 3.17. The summed E-state index contributed by atoms with van der Waals surface area (Å²) in [6.07, 6.45) is 0. The van der Waals surface area contributed by atoms with Gasteiger partial charge < -0.3 is 0 Å². The highest BCUT2D eigenvalue weighted by atomic mass is 32.2. The molecule has 4 nitrogen and oxygen atoms in total. The van der Waals surface area contributed by atoms with Gasteiger partial charge in [0.2, 0.25) is 0 Å². The van der Waals surface area contributed by atoms with Crippen LogP contribution in [0.3, 0.4) is 0 Å². The lowest BCUT2D eigenvalue weighted by Gasteiger charge is -2.45. The largest absolute Gasteiger partial charge is 0.192 e. The summed E-state index contributed by atoms with van der Waals surface area (Å²) in [4.78, 5) is 1.70. The zero-order valence-corrected chi connectivity index (χ0v) is 17.7. The van der Waals surface area contributed by atoms with Crippen LogP contribution in [0.1, 0.15) is 36.1 Å². The van der Waals surface area contributed by atoms with E-state index in [-0.39, 0.29) is 0 Å². The molecule has 1 aliphatic carbocycles. The Morgan fingerprint density at radius 2 is 1.03 bits per heavy atom. The van der Waals surface area contributed by atoms with Crippen molar-refractivity contribution in [3.63, 3.8) is 0 Å². The van der Waals surface area contributed by atoms with Gasteiger partial charge in [0, 0.05) is 9.79 Å². The minimum Gasteiger partial charge on any atom is -0.192 e. The number of hydrogen-bond acceptors (Lipinski definition) is 6. The molecule has 5 rings (SSSR count). The van der Waals surface area contributed by atoms with Gasteiger partial charge in [-0.2, -0.15) is 21.0 Å². The van der Waals surface area contributed by atoms with Crippen LogP contribution in [0.4, 0.5) is 0 Å². The molecule has 0 radical (unpaired) electrons. The molecule has 0 saturated heterocycles. The van der Waals surface area contributed by atoms with Crippen LogP contribution in [0, 0.1) is 45.3 Å². The lowest BCUT2D eigenvalue weighted by molar-refractivity contribution is 0.689. The molecule has 0 fully saturated rings. The van der Waals surface area contributed by atoms with Crippen molar-refractivity contribution in [1.82, 2.24) is 0 Å². The van der Waals surface area contributed by atoms with Crippen molar-refractivity contribution in [2.24, 2.45) is 0 Å². The fourth-order valence-electron chi connectivity index (χ4n) is 4.78. The van der Waals surface area contributed by atoms with Crippen molar-refractivity contribution in [2.75, 3.05) is 0 Å². The Bertz CT molecular complexity index is 1310. The number of nitriles is 4. The van der Waals surface area contributed by atoms with Crippen LogP contribution in [0.5, 0.6) is 0 Å². The predicted molar refractivity (Wildman–Crippen MR) is 116 cm³/mol. The summed E-state index contributed by atoms with van der Waals surface area (Å²) in [6, 6.07) is 20.2. The second-order valence-electron chi connectivity index (χ2n) is 7.58. The van der Waals surface area contributed by atoms with Crippen molar-refractivity contribution in [2.45, 2.75) is 33.1 Å². The summed E-state index contributed by atoms with van der Waals surface area (Å²) in [5.41, 5.74) is 5.19. The van der Waals surface area contributed by atoms with E-state index in [9.17, 15) is 21.0 Å². The molecule has 0 unspecified atom stereocenters. The Morgan fingerprint density at radius 1 is 0.633 bits per heavy atom. The van der Waals surface area contributed by atoms with E-state index >= 15 is 0 Å². The fourth-order valence-corrected chi connectivity index (χ4v) is 8.08. The molecule has 0 amide bonds. The summed E-state index contributed by atoms with van der Waals surface area (Å²) in [6.45, 7) is 4.18. The Kier molecular flexibility index (Phi) is 3.75. The first kappa shape index (κ1) is 18.6. The topological polar surface area (TPSA) is 95.2 Å². The first-order valence-corrected chi connectivity index (χ1v) is 10.8. The maximum Gasteiger partial charge on any atom is 0.101 e. The monoisotopic (exact) mass is 420 g/mol. The van der Waals surface area contributed by atoms with Crippen LogP contribution >= 0.6 is 23.5 Å². The number of hydrogen-bond donors (Lipinski definition) is 0. The molecule has 2 aromatic rings. The average molecular weight is 421 g/mol. The van der Waals surface area contributed by atoms with Gasteiger partial charge in [0.05, 0.1) is 31.8 Å². The highest BCUT2D eigenvalue weighted by molar-refractivity contribution is 8.06. The Hall–Kier alpha value is -3.42. The SMILES string of the molecule is C[C@@]12Sc3c(C#N)cccc3C1=C(C#N)C(C#N)=C1c3cccc(C#N)c3S[C@]12C. The smallest absolute Gasteiger partial charge is 0.101 e. The van der Waals surface area contributed by atoms with Crippen LogP contribution < -0.4 is 0 Å². The zero-order chi connectivity index (χ0) is 21.3. The molecular formula is C24H12N4S2. The molecule has 140 valence electrons. The highest BCUT2D eigenvalue weighted by Crippen LogP contribution is 2.72. The van der Waals surface area contributed by atoms with Crippen LogP contribution in [0.15, 0.2) is 57.3 Å². The molecule has 3 aliphatic rings.